The number of non-ortho nitro benzene ring substituents is 1. The van der Waals surface area contributed by atoms with E-state index < -0.39 is 4.92 Å². The molecular formula is C10H10N2O3. The number of nitro benzene ring substituents is 1. The number of nitro groups is 1. The molecule has 1 N–H and O–H groups in total. The maximum atomic E-state index is 10.5. The maximum Gasteiger partial charge on any atom is 0.269 e. The lowest BCUT2D eigenvalue weighted by atomic mass is 9.96. The van der Waals surface area contributed by atoms with E-state index in [4.69, 9.17) is 10.4 Å². The smallest absolute Gasteiger partial charge is 0.269 e. The van der Waals surface area contributed by atoms with Gasteiger partial charge in [0.25, 0.3) is 5.69 Å². The van der Waals surface area contributed by atoms with Crippen LogP contribution in [0.5, 0.6) is 0 Å². The molecule has 1 rings (SSSR count). The molecule has 0 saturated heterocycles. The normalized spacial score (nSPS) is 11.8. The van der Waals surface area contributed by atoms with Gasteiger partial charge in [-0.25, -0.2) is 0 Å². The van der Waals surface area contributed by atoms with Crippen LogP contribution in [0.4, 0.5) is 5.69 Å². The molecular weight excluding hydrogens is 196 g/mol. The lowest BCUT2D eigenvalue weighted by Crippen LogP contribution is -2.02. The highest BCUT2D eigenvalue weighted by Crippen LogP contribution is 2.24. The molecule has 0 spiro atoms. The van der Waals surface area contributed by atoms with Gasteiger partial charge in [-0.2, -0.15) is 5.26 Å². The number of benzene rings is 1. The Labute approximate surface area is 86.7 Å². The third-order valence-electron chi connectivity index (χ3n) is 2.17. The Morgan fingerprint density at radius 3 is 2.80 bits per heavy atom. The van der Waals surface area contributed by atoms with Crippen molar-refractivity contribution in [3.05, 3.63) is 39.4 Å². The van der Waals surface area contributed by atoms with E-state index in [2.05, 4.69) is 0 Å². The van der Waals surface area contributed by atoms with Gasteiger partial charge in [0.1, 0.15) is 0 Å². The zero-order chi connectivity index (χ0) is 11.4. The van der Waals surface area contributed by atoms with E-state index in [9.17, 15) is 10.1 Å². The first-order chi connectivity index (χ1) is 7.10. The predicted molar refractivity (Wildman–Crippen MR) is 53.3 cm³/mol. The summed E-state index contributed by atoms with van der Waals surface area (Å²) in [6.07, 6.45) is 0. The first kappa shape index (κ1) is 11.1. The summed E-state index contributed by atoms with van der Waals surface area (Å²) in [6.45, 7) is 1.57. The minimum atomic E-state index is -0.519. The van der Waals surface area contributed by atoms with Crippen LogP contribution in [-0.2, 0) is 0 Å². The van der Waals surface area contributed by atoms with Gasteiger partial charge in [-0.1, -0.05) is 6.92 Å². The second kappa shape index (κ2) is 4.53. The highest BCUT2D eigenvalue weighted by molar-refractivity contribution is 5.47. The van der Waals surface area contributed by atoms with Crippen molar-refractivity contribution in [3.8, 4) is 6.07 Å². The van der Waals surface area contributed by atoms with Gasteiger partial charge in [-0.05, 0) is 11.6 Å². The van der Waals surface area contributed by atoms with Crippen LogP contribution >= 0.6 is 0 Å². The van der Waals surface area contributed by atoms with Gasteiger partial charge in [-0.3, -0.25) is 10.1 Å². The van der Waals surface area contributed by atoms with Crippen molar-refractivity contribution < 1.29 is 10.0 Å². The van der Waals surface area contributed by atoms with Crippen LogP contribution in [-0.4, -0.2) is 16.6 Å². The lowest BCUT2D eigenvalue weighted by molar-refractivity contribution is -0.384. The Morgan fingerprint density at radius 1 is 1.67 bits per heavy atom. The lowest BCUT2D eigenvalue weighted by Gasteiger charge is -2.09. The number of rotatable bonds is 3. The molecule has 5 nitrogen and oxygen atoms in total. The molecule has 0 amide bonds. The third-order valence-corrected chi connectivity index (χ3v) is 2.17. The number of hydrogen-bond acceptors (Lipinski definition) is 4. The Morgan fingerprint density at radius 2 is 2.33 bits per heavy atom. The van der Waals surface area contributed by atoms with E-state index >= 15 is 0 Å². The molecule has 1 aromatic carbocycles. The van der Waals surface area contributed by atoms with Gasteiger partial charge in [0.15, 0.2) is 0 Å². The van der Waals surface area contributed by atoms with E-state index in [-0.39, 0.29) is 18.2 Å². The fourth-order valence-corrected chi connectivity index (χ4v) is 1.27. The van der Waals surface area contributed by atoms with Crippen LogP contribution < -0.4 is 0 Å². The minimum Gasteiger partial charge on any atom is -0.396 e. The first-order valence-corrected chi connectivity index (χ1v) is 4.39. The molecule has 1 aromatic rings. The van der Waals surface area contributed by atoms with Gasteiger partial charge in [0.2, 0.25) is 0 Å². The highest BCUT2D eigenvalue weighted by Gasteiger charge is 2.14. The molecule has 0 heterocycles. The molecule has 0 radical (unpaired) electrons. The zero-order valence-corrected chi connectivity index (χ0v) is 8.17. The van der Waals surface area contributed by atoms with Crippen molar-refractivity contribution in [3.63, 3.8) is 0 Å². The molecule has 0 aliphatic carbocycles. The largest absolute Gasteiger partial charge is 0.396 e. The fourth-order valence-electron chi connectivity index (χ4n) is 1.27. The summed E-state index contributed by atoms with van der Waals surface area (Å²) in [5.41, 5.74) is 0.806. The summed E-state index contributed by atoms with van der Waals surface area (Å²) < 4.78 is 0. The van der Waals surface area contributed by atoms with Crippen molar-refractivity contribution in [1.82, 2.24) is 0 Å². The minimum absolute atomic E-state index is 0.0655. The van der Waals surface area contributed by atoms with Crippen molar-refractivity contribution >= 4 is 5.69 Å². The predicted octanol–water partition coefficient (Wildman–Crippen LogP) is 1.56. The fraction of sp³-hybridized carbons (Fsp3) is 0.300. The number of nitriles is 1. The number of hydrogen-bond donors (Lipinski definition) is 1. The number of aliphatic hydroxyl groups is 1. The van der Waals surface area contributed by atoms with Gasteiger partial charge in [-0.15, -0.1) is 0 Å². The summed E-state index contributed by atoms with van der Waals surface area (Å²) in [5.74, 6) is -0.278. The molecule has 1 unspecified atom stereocenters. The van der Waals surface area contributed by atoms with Crippen LogP contribution in [0.2, 0.25) is 0 Å². The molecule has 0 aromatic heterocycles. The van der Waals surface area contributed by atoms with Crippen LogP contribution in [0.3, 0.4) is 0 Å². The topological polar surface area (TPSA) is 87.2 Å². The van der Waals surface area contributed by atoms with E-state index in [0.29, 0.717) is 11.1 Å². The quantitative estimate of drug-likeness (QED) is 0.600. The second-order valence-electron chi connectivity index (χ2n) is 3.22. The summed E-state index contributed by atoms with van der Waals surface area (Å²) in [6, 6.07) is 5.96. The standard InChI is InChI=1S/C10H10N2O3/c1-7(6-13)10-4-9(12(14)15)3-2-8(10)5-11/h2-4,7,13H,6H2,1H3. The second-order valence-corrected chi connectivity index (χ2v) is 3.22. The first-order valence-electron chi connectivity index (χ1n) is 4.39. The van der Waals surface area contributed by atoms with Crippen molar-refractivity contribution in [1.29, 1.82) is 5.26 Å². The number of nitrogens with zero attached hydrogens (tertiary/aromatic N) is 2. The zero-order valence-electron chi connectivity index (χ0n) is 8.17. The SMILES string of the molecule is CC(CO)c1cc([N+](=O)[O-])ccc1C#N. The van der Waals surface area contributed by atoms with Crippen molar-refractivity contribution in [2.75, 3.05) is 6.61 Å². The van der Waals surface area contributed by atoms with Gasteiger partial charge >= 0.3 is 0 Å². The Balaban J connectivity index is 3.26. The van der Waals surface area contributed by atoms with Gasteiger partial charge in [0.05, 0.1) is 16.6 Å². The monoisotopic (exact) mass is 206 g/mol. The van der Waals surface area contributed by atoms with Crippen LogP contribution in [0, 0.1) is 21.4 Å². The van der Waals surface area contributed by atoms with Crippen LogP contribution in [0.15, 0.2) is 18.2 Å². The van der Waals surface area contributed by atoms with E-state index in [1.54, 1.807) is 6.92 Å². The molecule has 78 valence electrons. The van der Waals surface area contributed by atoms with E-state index in [1.165, 1.54) is 18.2 Å². The van der Waals surface area contributed by atoms with Gasteiger partial charge in [0, 0.05) is 24.7 Å². The molecule has 0 aliphatic heterocycles. The van der Waals surface area contributed by atoms with Crippen LogP contribution in [0.25, 0.3) is 0 Å². The van der Waals surface area contributed by atoms with Crippen molar-refractivity contribution in [2.45, 2.75) is 12.8 Å². The van der Waals surface area contributed by atoms with Gasteiger partial charge < -0.3 is 5.11 Å². The Hall–Kier alpha value is -1.93. The average Bonchev–Trinajstić information content (AvgIpc) is 2.27. The Kier molecular flexibility index (Phi) is 3.37. The van der Waals surface area contributed by atoms with Crippen LogP contribution in [0.1, 0.15) is 24.0 Å². The average molecular weight is 206 g/mol. The molecule has 0 aliphatic rings. The molecule has 1 atom stereocenters. The molecule has 0 saturated carbocycles. The summed E-state index contributed by atoms with van der Waals surface area (Å²) >= 11 is 0. The molecule has 5 heteroatoms. The van der Waals surface area contributed by atoms with Crippen molar-refractivity contribution in [2.24, 2.45) is 0 Å². The Bertz CT molecular complexity index is 423. The van der Waals surface area contributed by atoms with E-state index in [1.807, 2.05) is 6.07 Å². The molecule has 0 bridgehead atoms. The third kappa shape index (κ3) is 2.30. The molecule has 0 fully saturated rings. The van der Waals surface area contributed by atoms with E-state index in [0.717, 1.165) is 0 Å². The summed E-state index contributed by atoms with van der Waals surface area (Å²) in [5, 5.41) is 28.3. The number of aliphatic hydroxyl groups excluding tert-OH is 1. The molecule has 15 heavy (non-hydrogen) atoms. The summed E-state index contributed by atoms with van der Waals surface area (Å²) in [7, 11) is 0. The highest BCUT2D eigenvalue weighted by atomic mass is 16.6. The summed E-state index contributed by atoms with van der Waals surface area (Å²) in [4.78, 5) is 10.0. The maximum absolute atomic E-state index is 10.5.